The zero-order valence-electron chi connectivity index (χ0n) is 13.7. The third-order valence-electron chi connectivity index (χ3n) is 4.18. The van der Waals surface area contributed by atoms with E-state index < -0.39 is 0 Å². The molecule has 0 aliphatic carbocycles. The van der Waals surface area contributed by atoms with Gasteiger partial charge >= 0.3 is 0 Å². The molecule has 3 nitrogen and oxygen atoms in total. The first kappa shape index (κ1) is 16.8. The van der Waals surface area contributed by atoms with Gasteiger partial charge in [0.15, 0.2) is 4.77 Å². The molecule has 0 saturated heterocycles. The third kappa shape index (κ3) is 2.89. The van der Waals surface area contributed by atoms with Crippen LogP contribution >= 0.6 is 28.1 Å². The van der Waals surface area contributed by atoms with Crippen LogP contribution in [0.4, 0.5) is 0 Å². The van der Waals surface area contributed by atoms with Crippen molar-refractivity contribution in [2.75, 3.05) is 0 Å². The lowest BCUT2D eigenvalue weighted by Crippen LogP contribution is -1.98. The molecule has 0 bridgehead atoms. The molecule has 0 aliphatic rings. The summed E-state index contributed by atoms with van der Waals surface area (Å²) in [4.78, 5) is 0. The maximum atomic E-state index is 11.1. The van der Waals surface area contributed by atoms with Gasteiger partial charge in [-0.15, -0.1) is 0 Å². The summed E-state index contributed by atoms with van der Waals surface area (Å²) >= 11 is 9.21. The van der Waals surface area contributed by atoms with Crippen LogP contribution in [0, 0.1) is 4.77 Å². The van der Waals surface area contributed by atoms with Gasteiger partial charge in [-0.05, 0) is 48.6 Å². The lowest BCUT2D eigenvalue weighted by Gasteiger charge is -2.08. The van der Waals surface area contributed by atoms with E-state index in [-0.39, 0.29) is 5.88 Å². The van der Waals surface area contributed by atoms with Gasteiger partial charge in [0.2, 0.25) is 5.88 Å². The molecule has 1 aromatic heterocycles. The van der Waals surface area contributed by atoms with Crippen LogP contribution in [0.25, 0.3) is 22.6 Å². The monoisotopic (exact) mass is 422 g/mol. The van der Waals surface area contributed by atoms with Crippen LogP contribution in [0.3, 0.4) is 0 Å². The number of para-hydroxylation sites is 2. The molecule has 0 atom stereocenters. The highest BCUT2D eigenvalue weighted by molar-refractivity contribution is 9.10. The smallest absolute Gasteiger partial charge is 0.223 e. The topological polar surface area (TPSA) is 30.1 Å². The van der Waals surface area contributed by atoms with Crippen molar-refractivity contribution in [3.63, 3.8) is 0 Å². The highest BCUT2D eigenvalue weighted by Crippen LogP contribution is 2.36. The molecule has 0 amide bonds. The minimum atomic E-state index is 0.118. The number of hydrogen-bond donors (Lipinski definition) is 1. The summed E-state index contributed by atoms with van der Waals surface area (Å²) in [5, 5.41) is 11.1. The second-order valence-electron chi connectivity index (χ2n) is 5.80. The first-order chi connectivity index (χ1) is 12.7. The summed E-state index contributed by atoms with van der Waals surface area (Å²) in [6, 6.07) is 27.3. The Bertz CT molecular complexity index is 1100. The zero-order valence-corrected chi connectivity index (χ0v) is 16.1. The lowest BCUT2D eigenvalue weighted by atomic mass is 10.1. The van der Waals surface area contributed by atoms with Gasteiger partial charge < -0.3 is 5.11 Å². The van der Waals surface area contributed by atoms with Gasteiger partial charge in [-0.2, -0.15) is 0 Å². The standard InChI is InChI=1S/C21H15BrN2OS/c22-16-13-11-15(12-14-16)19-20(25)24(18-9-5-2-6-10-18)21(26)23(19)17-7-3-1-4-8-17/h1-14,25H. The summed E-state index contributed by atoms with van der Waals surface area (Å²) in [6.45, 7) is 0. The van der Waals surface area contributed by atoms with E-state index in [9.17, 15) is 5.11 Å². The first-order valence-electron chi connectivity index (χ1n) is 8.10. The van der Waals surface area contributed by atoms with Crippen molar-refractivity contribution in [3.8, 4) is 28.5 Å². The van der Waals surface area contributed by atoms with Crippen molar-refractivity contribution in [2.45, 2.75) is 0 Å². The maximum absolute atomic E-state index is 11.1. The van der Waals surface area contributed by atoms with Gasteiger partial charge in [0, 0.05) is 15.7 Å². The Morgan fingerprint density at radius 2 is 1.19 bits per heavy atom. The summed E-state index contributed by atoms with van der Waals surface area (Å²) in [6.07, 6.45) is 0. The summed E-state index contributed by atoms with van der Waals surface area (Å²) < 4.78 is 5.09. The van der Waals surface area contributed by atoms with Crippen LogP contribution in [-0.2, 0) is 0 Å². The van der Waals surface area contributed by atoms with Crippen LogP contribution in [0.15, 0.2) is 89.4 Å². The van der Waals surface area contributed by atoms with E-state index in [0.717, 1.165) is 21.4 Å². The molecule has 0 spiro atoms. The van der Waals surface area contributed by atoms with Crippen molar-refractivity contribution in [2.24, 2.45) is 0 Å². The van der Waals surface area contributed by atoms with Crippen molar-refractivity contribution >= 4 is 28.1 Å². The Morgan fingerprint density at radius 1 is 0.692 bits per heavy atom. The van der Waals surface area contributed by atoms with Crippen LogP contribution in [-0.4, -0.2) is 14.2 Å². The minimum absolute atomic E-state index is 0.118. The largest absolute Gasteiger partial charge is 0.493 e. The van der Waals surface area contributed by atoms with Gasteiger partial charge in [0.25, 0.3) is 0 Å². The number of benzene rings is 3. The van der Waals surface area contributed by atoms with Crippen molar-refractivity contribution < 1.29 is 5.11 Å². The normalized spacial score (nSPS) is 10.8. The van der Waals surface area contributed by atoms with E-state index in [0.29, 0.717) is 10.5 Å². The fourth-order valence-electron chi connectivity index (χ4n) is 2.98. The number of aromatic nitrogens is 2. The fourth-order valence-corrected chi connectivity index (χ4v) is 3.64. The van der Waals surface area contributed by atoms with E-state index in [4.69, 9.17) is 12.2 Å². The van der Waals surface area contributed by atoms with Crippen LogP contribution < -0.4 is 0 Å². The predicted molar refractivity (Wildman–Crippen MR) is 111 cm³/mol. The highest BCUT2D eigenvalue weighted by Gasteiger charge is 2.20. The van der Waals surface area contributed by atoms with Crippen molar-refractivity contribution in [1.29, 1.82) is 0 Å². The second kappa shape index (κ2) is 6.94. The van der Waals surface area contributed by atoms with Crippen LogP contribution in [0.1, 0.15) is 0 Å². The highest BCUT2D eigenvalue weighted by atomic mass is 79.9. The van der Waals surface area contributed by atoms with E-state index in [1.165, 1.54) is 0 Å². The maximum Gasteiger partial charge on any atom is 0.223 e. The molecule has 0 radical (unpaired) electrons. The average molecular weight is 423 g/mol. The number of aromatic hydroxyl groups is 1. The van der Waals surface area contributed by atoms with Crippen LogP contribution in [0.5, 0.6) is 5.88 Å². The quantitative estimate of drug-likeness (QED) is 0.402. The average Bonchev–Trinajstić information content (AvgIpc) is 2.94. The lowest BCUT2D eigenvalue weighted by molar-refractivity contribution is 0.444. The summed E-state index contributed by atoms with van der Waals surface area (Å²) in [7, 11) is 0. The van der Waals surface area contributed by atoms with Gasteiger partial charge in [-0.25, -0.2) is 0 Å². The Kier molecular flexibility index (Phi) is 4.49. The van der Waals surface area contributed by atoms with E-state index in [2.05, 4.69) is 15.9 Å². The van der Waals surface area contributed by atoms with Gasteiger partial charge in [-0.1, -0.05) is 64.5 Å². The van der Waals surface area contributed by atoms with E-state index in [1.807, 2.05) is 89.5 Å². The molecule has 26 heavy (non-hydrogen) atoms. The number of rotatable bonds is 3. The SMILES string of the molecule is Oc1c(-c2ccc(Br)cc2)n(-c2ccccc2)c(=S)n1-c1ccccc1. The van der Waals surface area contributed by atoms with Crippen molar-refractivity contribution in [3.05, 3.63) is 94.2 Å². The van der Waals surface area contributed by atoms with E-state index in [1.54, 1.807) is 4.57 Å². The van der Waals surface area contributed by atoms with Gasteiger partial charge in [-0.3, -0.25) is 9.13 Å². The third-order valence-corrected chi connectivity index (χ3v) is 5.07. The van der Waals surface area contributed by atoms with E-state index >= 15 is 0 Å². The molecule has 0 saturated carbocycles. The molecular weight excluding hydrogens is 408 g/mol. The fraction of sp³-hybridized carbons (Fsp3) is 0. The Labute approximate surface area is 164 Å². The Balaban J connectivity index is 2.06. The molecule has 5 heteroatoms. The number of hydrogen-bond acceptors (Lipinski definition) is 2. The Hall–Kier alpha value is -2.63. The number of halogens is 1. The minimum Gasteiger partial charge on any atom is -0.493 e. The molecule has 1 N–H and O–H groups in total. The summed E-state index contributed by atoms with van der Waals surface area (Å²) in [5.74, 6) is 0.118. The summed E-state index contributed by atoms with van der Waals surface area (Å²) in [5.41, 5.74) is 3.27. The molecule has 4 aromatic rings. The number of nitrogens with zero attached hydrogens (tertiary/aromatic N) is 2. The molecule has 0 aliphatic heterocycles. The predicted octanol–water partition coefficient (Wildman–Crippen LogP) is 6.13. The second-order valence-corrected chi connectivity index (χ2v) is 7.08. The molecule has 0 fully saturated rings. The molecule has 4 rings (SSSR count). The molecule has 128 valence electrons. The molecular formula is C21H15BrN2OS. The molecule has 3 aromatic carbocycles. The van der Waals surface area contributed by atoms with Crippen molar-refractivity contribution in [1.82, 2.24) is 9.13 Å². The van der Waals surface area contributed by atoms with Gasteiger partial charge in [0.1, 0.15) is 5.69 Å². The van der Waals surface area contributed by atoms with Gasteiger partial charge in [0.05, 0.1) is 5.69 Å². The zero-order chi connectivity index (χ0) is 18.1. The van der Waals surface area contributed by atoms with Crippen LogP contribution in [0.2, 0.25) is 0 Å². The Morgan fingerprint density at radius 3 is 1.73 bits per heavy atom. The first-order valence-corrected chi connectivity index (χ1v) is 9.30. The number of imidazole rings is 1. The molecule has 1 heterocycles. The molecule has 0 unspecified atom stereocenters.